The number of amides is 1. The molecule has 0 atom stereocenters. The average molecular weight is 411 g/mol. The Bertz CT molecular complexity index is 1130. The molecule has 1 heterocycles. The summed E-state index contributed by atoms with van der Waals surface area (Å²) in [7, 11) is 0. The predicted octanol–water partition coefficient (Wildman–Crippen LogP) is 3.52. The van der Waals surface area contributed by atoms with Gasteiger partial charge in [-0.15, -0.1) is 0 Å². The molecule has 0 saturated carbocycles. The first-order valence-electron chi connectivity index (χ1n) is 9.72. The van der Waals surface area contributed by atoms with Crippen molar-refractivity contribution in [1.29, 1.82) is 0 Å². The Morgan fingerprint density at radius 1 is 1.10 bits per heavy atom. The van der Waals surface area contributed by atoms with E-state index in [-0.39, 0.29) is 16.9 Å². The van der Waals surface area contributed by atoms with Gasteiger partial charge in [-0.2, -0.15) is 5.10 Å². The van der Waals surface area contributed by atoms with Crippen LogP contribution in [-0.4, -0.2) is 28.3 Å². The average Bonchev–Trinajstić information content (AvgIpc) is 2.74. The van der Waals surface area contributed by atoms with Crippen molar-refractivity contribution in [2.24, 2.45) is 0 Å². The number of esters is 1. The van der Waals surface area contributed by atoms with E-state index in [9.17, 15) is 18.8 Å². The number of carbonyl (C=O) groups excluding carboxylic acids is 2. The molecule has 0 aliphatic rings. The summed E-state index contributed by atoms with van der Waals surface area (Å²) in [6, 6.07) is 12.0. The van der Waals surface area contributed by atoms with Crippen molar-refractivity contribution in [1.82, 2.24) is 9.78 Å². The number of aryl methyl sites for hydroxylation is 1. The van der Waals surface area contributed by atoms with Crippen LogP contribution in [0.2, 0.25) is 0 Å². The minimum atomic E-state index is -0.815. The Balaban J connectivity index is 1.77. The standard InChI is InChI=1S/C22H22FN3O4/c1-2-3-6-12-26-21(28)18-11-5-4-10-17(18)20(25-26)22(29)30-14-19(27)24-16-9-7-8-15(23)13-16/h4-5,7-11,13H,2-3,6,12,14H2,1H3,(H,24,27). The summed E-state index contributed by atoms with van der Waals surface area (Å²) in [6.45, 7) is 1.87. The van der Waals surface area contributed by atoms with Gasteiger partial charge in [0.1, 0.15) is 5.82 Å². The molecule has 2 aromatic carbocycles. The SMILES string of the molecule is CCCCCn1nc(C(=O)OCC(=O)Nc2cccc(F)c2)c2ccccc2c1=O. The zero-order valence-corrected chi connectivity index (χ0v) is 16.6. The Labute approximate surface area is 172 Å². The highest BCUT2D eigenvalue weighted by molar-refractivity contribution is 6.03. The van der Waals surface area contributed by atoms with Crippen LogP contribution >= 0.6 is 0 Å². The van der Waals surface area contributed by atoms with E-state index in [1.807, 2.05) is 6.92 Å². The Morgan fingerprint density at radius 2 is 1.87 bits per heavy atom. The maximum atomic E-state index is 13.2. The molecular formula is C22H22FN3O4. The number of anilines is 1. The summed E-state index contributed by atoms with van der Waals surface area (Å²) < 4.78 is 19.6. The van der Waals surface area contributed by atoms with E-state index in [1.54, 1.807) is 24.3 Å². The van der Waals surface area contributed by atoms with Gasteiger partial charge >= 0.3 is 5.97 Å². The van der Waals surface area contributed by atoms with Crippen LogP contribution in [-0.2, 0) is 16.1 Å². The van der Waals surface area contributed by atoms with Crippen molar-refractivity contribution in [3.63, 3.8) is 0 Å². The molecule has 0 spiro atoms. The topological polar surface area (TPSA) is 90.3 Å². The molecule has 3 rings (SSSR count). The smallest absolute Gasteiger partial charge is 0.359 e. The highest BCUT2D eigenvalue weighted by atomic mass is 19.1. The molecular weight excluding hydrogens is 389 g/mol. The fourth-order valence-electron chi connectivity index (χ4n) is 3.01. The molecule has 8 heteroatoms. The monoisotopic (exact) mass is 411 g/mol. The molecule has 1 N–H and O–H groups in total. The third-order valence-electron chi connectivity index (χ3n) is 4.48. The lowest BCUT2D eigenvalue weighted by molar-refractivity contribution is -0.119. The predicted molar refractivity (Wildman–Crippen MR) is 111 cm³/mol. The number of rotatable bonds is 8. The number of fused-ring (bicyclic) bond motifs is 1. The number of carbonyl (C=O) groups is 2. The third kappa shape index (κ3) is 5.08. The fraction of sp³-hybridized carbons (Fsp3) is 0.273. The largest absolute Gasteiger partial charge is 0.451 e. The number of nitrogens with zero attached hydrogens (tertiary/aromatic N) is 2. The molecule has 1 aromatic heterocycles. The van der Waals surface area contributed by atoms with Crippen LogP contribution in [0.25, 0.3) is 10.8 Å². The van der Waals surface area contributed by atoms with Crippen LogP contribution in [0, 0.1) is 5.82 Å². The normalized spacial score (nSPS) is 10.7. The second-order valence-corrected chi connectivity index (χ2v) is 6.76. The van der Waals surface area contributed by atoms with E-state index in [2.05, 4.69) is 10.4 Å². The minimum Gasteiger partial charge on any atom is -0.451 e. The first-order chi connectivity index (χ1) is 14.5. The highest BCUT2D eigenvalue weighted by Gasteiger charge is 2.19. The number of aromatic nitrogens is 2. The van der Waals surface area contributed by atoms with Gasteiger partial charge in [-0.3, -0.25) is 9.59 Å². The number of halogens is 1. The molecule has 0 aliphatic carbocycles. The van der Waals surface area contributed by atoms with Crippen molar-refractivity contribution >= 4 is 28.3 Å². The summed E-state index contributed by atoms with van der Waals surface area (Å²) in [5.41, 5.74) is -0.0496. The highest BCUT2D eigenvalue weighted by Crippen LogP contribution is 2.15. The summed E-state index contributed by atoms with van der Waals surface area (Å²) in [4.78, 5) is 37.3. The van der Waals surface area contributed by atoms with E-state index in [0.29, 0.717) is 17.3 Å². The first kappa shape index (κ1) is 21.2. The summed E-state index contributed by atoms with van der Waals surface area (Å²) in [6.07, 6.45) is 2.67. The zero-order valence-electron chi connectivity index (χ0n) is 16.6. The van der Waals surface area contributed by atoms with Gasteiger partial charge in [0.2, 0.25) is 0 Å². The zero-order chi connectivity index (χ0) is 21.5. The quantitative estimate of drug-likeness (QED) is 0.452. The van der Waals surface area contributed by atoms with Gasteiger partial charge in [0, 0.05) is 17.6 Å². The summed E-state index contributed by atoms with van der Waals surface area (Å²) in [5.74, 6) is -1.93. The van der Waals surface area contributed by atoms with Crippen molar-refractivity contribution in [2.75, 3.05) is 11.9 Å². The number of hydrogen-bond donors (Lipinski definition) is 1. The second kappa shape index (κ2) is 9.78. The molecule has 0 fully saturated rings. The molecule has 0 radical (unpaired) electrons. The van der Waals surface area contributed by atoms with Crippen molar-refractivity contribution in [2.45, 2.75) is 32.7 Å². The molecule has 156 valence electrons. The lowest BCUT2D eigenvalue weighted by Gasteiger charge is -2.11. The van der Waals surface area contributed by atoms with Crippen molar-refractivity contribution in [3.05, 3.63) is 70.4 Å². The van der Waals surface area contributed by atoms with Crippen molar-refractivity contribution in [3.8, 4) is 0 Å². The summed E-state index contributed by atoms with van der Waals surface area (Å²) in [5, 5.41) is 7.37. The van der Waals surface area contributed by atoms with Crippen LogP contribution in [0.1, 0.15) is 36.7 Å². The lowest BCUT2D eigenvalue weighted by Crippen LogP contribution is -2.28. The summed E-state index contributed by atoms with van der Waals surface area (Å²) >= 11 is 0. The molecule has 1 amide bonds. The molecule has 0 saturated heterocycles. The number of benzene rings is 2. The Hall–Kier alpha value is -3.55. The lowest BCUT2D eigenvalue weighted by atomic mass is 10.1. The van der Waals surface area contributed by atoms with Crippen LogP contribution in [0.4, 0.5) is 10.1 Å². The Morgan fingerprint density at radius 3 is 2.60 bits per heavy atom. The van der Waals surface area contributed by atoms with Crippen LogP contribution in [0.3, 0.4) is 0 Å². The van der Waals surface area contributed by atoms with Gasteiger partial charge in [0.15, 0.2) is 12.3 Å². The molecule has 7 nitrogen and oxygen atoms in total. The van der Waals surface area contributed by atoms with E-state index >= 15 is 0 Å². The first-order valence-corrected chi connectivity index (χ1v) is 9.72. The van der Waals surface area contributed by atoms with Gasteiger partial charge in [0.25, 0.3) is 11.5 Å². The number of hydrogen-bond acceptors (Lipinski definition) is 5. The van der Waals surface area contributed by atoms with Gasteiger partial charge in [0.05, 0.1) is 5.39 Å². The van der Waals surface area contributed by atoms with E-state index in [4.69, 9.17) is 4.74 Å². The van der Waals surface area contributed by atoms with Gasteiger partial charge < -0.3 is 10.1 Å². The van der Waals surface area contributed by atoms with E-state index in [1.165, 1.54) is 22.9 Å². The second-order valence-electron chi connectivity index (χ2n) is 6.76. The molecule has 30 heavy (non-hydrogen) atoms. The van der Waals surface area contributed by atoms with E-state index in [0.717, 1.165) is 25.3 Å². The minimum absolute atomic E-state index is 0.0275. The van der Waals surface area contributed by atoms with Gasteiger partial charge in [-0.05, 0) is 30.7 Å². The van der Waals surface area contributed by atoms with Crippen LogP contribution < -0.4 is 10.9 Å². The number of nitrogens with one attached hydrogen (secondary N) is 1. The Kier molecular flexibility index (Phi) is 6.90. The molecule has 0 unspecified atom stereocenters. The number of unbranched alkanes of at least 4 members (excludes halogenated alkanes) is 2. The van der Waals surface area contributed by atoms with Crippen molar-refractivity contribution < 1.29 is 18.7 Å². The number of ether oxygens (including phenoxy) is 1. The third-order valence-corrected chi connectivity index (χ3v) is 4.48. The maximum Gasteiger partial charge on any atom is 0.359 e. The fourth-order valence-corrected chi connectivity index (χ4v) is 3.01. The van der Waals surface area contributed by atoms with Crippen LogP contribution in [0.15, 0.2) is 53.3 Å². The van der Waals surface area contributed by atoms with Gasteiger partial charge in [-0.1, -0.05) is 44.0 Å². The maximum absolute atomic E-state index is 13.2. The molecule has 3 aromatic rings. The molecule has 0 aliphatic heterocycles. The van der Waals surface area contributed by atoms with Crippen LogP contribution in [0.5, 0.6) is 0 Å². The van der Waals surface area contributed by atoms with Gasteiger partial charge in [-0.25, -0.2) is 13.9 Å². The molecule has 0 bridgehead atoms. The van der Waals surface area contributed by atoms with E-state index < -0.39 is 24.3 Å².